The fourth-order valence-electron chi connectivity index (χ4n) is 2.53. The predicted octanol–water partition coefficient (Wildman–Crippen LogP) is 3.84. The van der Waals surface area contributed by atoms with Crippen molar-refractivity contribution in [2.45, 2.75) is 31.8 Å². The van der Waals surface area contributed by atoms with Crippen LogP contribution in [0, 0.1) is 13.8 Å². The normalized spacial score (nSPS) is 10.6. The third-order valence-corrected chi connectivity index (χ3v) is 4.84. The molecule has 2 rings (SSSR count). The summed E-state index contributed by atoms with van der Waals surface area (Å²) in [5, 5.41) is 1.04. The Balaban J connectivity index is 1.89. The molecule has 0 fully saturated rings. The summed E-state index contributed by atoms with van der Waals surface area (Å²) in [4.78, 5) is 32.9. The molecule has 0 bridgehead atoms. The number of hydrogen-bond donors (Lipinski definition) is 0. The molecule has 1 aromatic heterocycles. The average Bonchev–Trinajstić information content (AvgIpc) is 2.65. The minimum atomic E-state index is -0.448. The molecular formula is C19H21ClN2O4S. The Morgan fingerprint density at radius 3 is 2.41 bits per heavy atom. The molecule has 2 aromatic rings. The summed E-state index contributed by atoms with van der Waals surface area (Å²) < 4.78 is 10.1. The Hall–Kier alpha value is -2.12. The van der Waals surface area contributed by atoms with Crippen molar-refractivity contribution in [2.24, 2.45) is 0 Å². The van der Waals surface area contributed by atoms with Crippen molar-refractivity contribution in [1.29, 1.82) is 0 Å². The van der Waals surface area contributed by atoms with Gasteiger partial charge in [-0.1, -0.05) is 23.4 Å². The van der Waals surface area contributed by atoms with Gasteiger partial charge in [-0.3, -0.25) is 9.59 Å². The Labute approximate surface area is 167 Å². The summed E-state index contributed by atoms with van der Waals surface area (Å²) in [5.74, 6) is -0.297. The lowest BCUT2D eigenvalue weighted by Gasteiger charge is -2.10. The highest BCUT2D eigenvalue weighted by Crippen LogP contribution is 2.25. The van der Waals surface area contributed by atoms with Crippen molar-refractivity contribution in [3.05, 3.63) is 45.7 Å². The molecule has 0 radical (unpaired) electrons. The van der Waals surface area contributed by atoms with Gasteiger partial charge in [-0.15, -0.1) is 0 Å². The number of carbonyl (C=O) groups is 2. The Morgan fingerprint density at radius 1 is 1.19 bits per heavy atom. The van der Waals surface area contributed by atoms with Gasteiger partial charge in [0.2, 0.25) is 0 Å². The van der Waals surface area contributed by atoms with Gasteiger partial charge in [0.1, 0.15) is 5.75 Å². The van der Waals surface area contributed by atoms with Crippen molar-refractivity contribution in [3.8, 4) is 5.75 Å². The van der Waals surface area contributed by atoms with E-state index in [4.69, 9.17) is 21.1 Å². The fraction of sp³-hybridized carbons (Fsp3) is 0.368. The average molecular weight is 409 g/mol. The van der Waals surface area contributed by atoms with Crippen molar-refractivity contribution < 1.29 is 19.1 Å². The molecule has 0 aliphatic heterocycles. The number of hydrogen-bond acceptors (Lipinski definition) is 7. The van der Waals surface area contributed by atoms with Crippen LogP contribution in [0.4, 0.5) is 0 Å². The van der Waals surface area contributed by atoms with Gasteiger partial charge in [0.05, 0.1) is 12.1 Å². The second kappa shape index (κ2) is 9.71. The fourth-order valence-corrected chi connectivity index (χ4v) is 3.24. The van der Waals surface area contributed by atoms with E-state index in [1.807, 2.05) is 20.1 Å². The number of aromatic nitrogens is 2. The van der Waals surface area contributed by atoms with Crippen LogP contribution >= 0.6 is 23.4 Å². The lowest BCUT2D eigenvalue weighted by Crippen LogP contribution is -2.15. The standard InChI is InChI=1S/C19H21ClN2O4S/c1-11-14(12(2)22-19(21-11)27-4)6-8-18(24)26-10-16(23)13-5-7-17(25-3)15(20)9-13/h5,7,9H,6,8,10H2,1-4H3. The van der Waals surface area contributed by atoms with Crippen LogP contribution in [0.2, 0.25) is 5.02 Å². The number of rotatable bonds is 8. The van der Waals surface area contributed by atoms with E-state index < -0.39 is 5.97 Å². The minimum Gasteiger partial charge on any atom is -0.495 e. The number of carbonyl (C=O) groups excluding carboxylic acids is 2. The number of esters is 1. The molecule has 0 aliphatic rings. The van der Waals surface area contributed by atoms with Crippen LogP contribution < -0.4 is 4.74 Å². The van der Waals surface area contributed by atoms with E-state index in [-0.39, 0.29) is 18.8 Å². The van der Waals surface area contributed by atoms with Gasteiger partial charge in [0.15, 0.2) is 17.5 Å². The van der Waals surface area contributed by atoms with Crippen LogP contribution in [-0.2, 0) is 16.0 Å². The lowest BCUT2D eigenvalue weighted by atomic mass is 10.1. The Bertz CT molecular complexity index is 835. The van der Waals surface area contributed by atoms with E-state index in [0.29, 0.717) is 27.9 Å². The van der Waals surface area contributed by atoms with E-state index in [1.165, 1.54) is 24.9 Å². The second-order valence-electron chi connectivity index (χ2n) is 5.79. The van der Waals surface area contributed by atoms with Crippen molar-refractivity contribution in [3.63, 3.8) is 0 Å². The number of nitrogens with zero attached hydrogens (tertiary/aromatic N) is 2. The molecular weight excluding hydrogens is 388 g/mol. The minimum absolute atomic E-state index is 0.153. The van der Waals surface area contributed by atoms with Crippen LogP contribution in [0.3, 0.4) is 0 Å². The maximum atomic E-state index is 12.2. The SMILES string of the molecule is COc1ccc(C(=O)COC(=O)CCc2c(C)nc(SC)nc2C)cc1Cl. The molecule has 0 saturated heterocycles. The van der Waals surface area contributed by atoms with E-state index in [0.717, 1.165) is 17.0 Å². The number of ether oxygens (including phenoxy) is 2. The second-order valence-corrected chi connectivity index (χ2v) is 6.97. The first-order valence-corrected chi connectivity index (χ1v) is 9.86. The first kappa shape index (κ1) is 21.2. The van der Waals surface area contributed by atoms with Crippen LogP contribution in [0.25, 0.3) is 0 Å². The van der Waals surface area contributed by atoms with E-state index in [1.54, 1.807) is 12.1 Å². The van der Waals surface area contributed by atoms with Crippen LogP contribution in [0.15, 0.2) is 23.4 Å². The van der Waals surface area contributed by atoms with Crippen molar-refractivity contribution >= 4 is 35.1 Å². The van der Waals surface area contributed by atoms with Crippen LogP contribution in [-0.4, -0.2) is 41.7 Å². The molecule has 0 unspecified atom stereocenters. The zero-order valence-corrected chi connectivity index (χ0v) is 17.2. The molecule has 27 heavy (non-hydrogen) atoms. The monoisotopic (exact) mass is 408 g/mol. The first-order valence-electron chi connectivity index (χ1n) is 8.26. The number of thioether (sulfide) groups is 1. The van der Waals surface area contributed by atoms with Gasteiger partial charge in [0, 0.05) is 23.4 Å². The summed E-state index contributed by atoms with van der Waals surface area (Å²) in [7, 11) is 1.49. The molecule has 0 atom stereocenters. The number of benzene rings is 1. The van der Waals surface area contributed by atoms with Gasteiger partial charge in [0.25, 0.3) is 0 Å². The summed E-state index contributed by atoms with van der Waals surface area (Å²) in [6, 6.07) is 4.67. The molecule has 6 nitrogen and oxygen atoms in total. The molecule has 1 heterocycles. The molecule has 0 spiro atoms. The molecule has 1 aromatic carbocycles. The number of ketones is 1. The topological polar surface area (TPSA) is 78.4 Å². The zero-order chi connectivity index (χ0) is 20.0. The number of Topliss-reactive ketones (excluding diaryl/α,β-unsaturated/α-hetero) is 1. The van der Waals surface area contributed by atoms with E-state index in [9.17, 15) is 9.59 Å². The Morgan fingerprint density at radius 2 is 1.85 bits per heavy atom. The third kappa shape index (κ3) is 5.68. The summed E-state index contributed by atoms with van der Waals surface area (Å²) in [6.07, 6.45) is 2.53. The predicted molar refractivity (Wildman–Crippen MR) is 105 cm³/mol. The number of halogens is 1. The number of aryl methyl sites for hydroxylation is 2. The van der Waals surface area contributed by atoms with Gasteiger partial charge in [-0.2, -0.15) is 0 Å². The summed E-state index contributed by atoms with van der Waals surface area (Å²) in [6.45, 7) is 3.46. The third-order valence-electron chi connectivity index (χ3n) is 4.00. The van der Waals surface area contributed by atoms with Crippen molar-refractivity contribution in [2.75, 3.05) is 20.0 Å². The van der Waals surface area contributed by atoms with E-state index >= 15 is 0 Å². The summed E-state index contributed by atoms with van der Waals surface area (Å²) in [5.41, 5.74) is 2.99. The zero-order valence-electron chi connectivity index (χ0n) is 15.7. The highest BCUT2D eigenvalue weighted by atomic mass is 35.5. The molecule has 144 valence electrons. The summed E-state index contributed by atoms with van der Waals surface area (Å²) >= 11 is 7.48. The molecule has 0 amide bonds. The molecule has 0 aliphatic carbocycles. The highest BCUT2D eigenvalue weighted by Gasteiger charge is 2.14. The molecule has 8 heteroatoms. The Kier molecular flexibility index (Phi) is 7.62. The smallest absolute Gasteiger partial charge is 0.306 e. The maximum Gasteiger partial charge on any atom is 0.306 e. The quantitative estimate of drug-likeness (QED) is 0.284. The lowest BCUT2D eigenvalue weighted by molar-refractivity contribution is -0.142. The van der Waals surface area contributed by atoms with Gasteiger partial charge in [-0.25, -0.2) is 9.97 Å². The molecule has 0 saturated carbocycles. The van der Waals surface area contributed by atoms with Gasteiger partial charge in [-0.05, 0) is 50.3 Å². The first-order chi connectivity index (χ1) is 12.8. The highest BCUT2D eigenvalue weighted by molar-refractivity contribution is 7.98. The molecule has 0 N–H and O–H groups in total. The largest absolute Gasteiger partial charge is 0.495 e. The number of methoxy groups -OCH3 is 1. The van der Waals surface area contributed by atoms with Gasteiger partial charge < -0.3 is 9.47 Å². The van der Waals surface area contributed by atoms with Crippen LogP contribution in [0.5, 0.6) is 5.75 Å². The maximum absolute atomic E-state index is 12.2. The van der Waals surface area contributed by atoms with Crippen LogP contribution in [0.1, 0.15) is 33.7 Å². The van der Waals surface area contributed by atoms with Gasteiger partial charge >= 0.3 is 5.97 Å². The van der Waals surface area contributed by atoms with E-state index in [2.05, 4.69) is 9.97 Å². The van der Waals surface area contributed by atoms with Crippen molar-refractivity contribution in [1.82, 2.24) is 9.97 Å².